The molecule has 1 atom stereocenters. The highest BCUT2D eigenvalue weighted by atomic mass is 16.2. The SMILES string of the molecule is CCN(CC)C(=O)Cn1cc(C(=O)N2CCN(CC)C(=O)[C@H]2C)nn1. The van der Waals surface area contributed by atoms with E-state index in [1.54, 1.807) is 16.7 Å². The van der Waals surface area contributed by atoms with Crippen LogP contribution >= 0.6 is 0 Å². The van der Waals surface area contributed by atoms with E-state index < -0.39 is 6.04 Å². The molecule has 3 amide bonds. The number of likely N-dealkylation sites (N-methyl/N-ethyl adjacent to an activating group) is 2. The highest BCUT2D eigenvalue weighted by Crippen LogP contribution is 2.14. The molecule has 1 aromatic heterocycles. The lowest BCUT2D eigenvalue weighted by Crippen LogP contribution is -2.57. The predicted molar refractivity (Wildman–Crippen MR) is 90.7 cm³/mol. The molecule has 2 rings (SSSR count). The van der Waals surface area contributed by atoms with Crippen molar-refractivity contribution in [3.05, 3.63) is 11.9 Å². The summed E-state index contributed by atoms with van der Waals surface area (Å²) in [7, 11) is 0. The molecule has 0 N–H and O–H groups in total. The number of piperazine rings is 1. The smallest absolute Gasteiger partial charge is 0.276 e. The van der Waals surface area contributed by atoms with Gasteiger partial charge in [-0.25, -0.2) is 4.68 Å². The molecule has 9 heteroatoms. The molecular weight excluding hydrogens is 324 g/mol. The molecule has 0 spiro atoms. The zero-order valence-electron chi connectivity index (χ0n) is 15.3. The van der Waals surface area contributed by atoms with Crippen molar-refractivity contribution in [2.24, 2.45) is 0 Å². The lowest BCUT2D eigenvalue weighted by Gasteiger charge is -2.38. The number of amides is 3. The first-order chi connectivity index (χ1) is 11.9. The van der Waals surface area contributed by atoms with E-state index in [2.05, 4.69) is 10.3 Å². The van der Waals surface area contributed by atoms with Crippen LogP contribution in [0.2, 0.25) is 0 Å². The molecule has 138 valence electrons. The minimum Gasteiger partial charge on any atom is -0.342 e. The number of aromatic nitrogens is 3. The molecule has 25 heavy (non-hydrogen) atoms. The zero-order valence-corrected chi connectivity index (χ0v) is 15.3. The summed E-state index contributed by atoms with van der Waals surface area (Å²) in [6.07, 6.45) is 1.47. The number of hydrogen-bond acceptors (Lipinski definition) is 5. The summed E-state index contributed by atoms with van der Waals surface area (Å²) in [5, 5.41) is 7.75. The third-order valence-electron chi connectivity index (χ3n) is 4.56. The van der Waals surface area contributed by atoms with Crippen molar-refractivity contribution in [2.75, 3.05) is 32.7 Å². The zero-order chi connectivity index (χ0) is 18.6. The number of hydrogen-bond donors (Lipinski definition) is 0. The first kappa shape index (κ1) is 18.9. The highest BCUT2D eigenvalue weighted by molar-refractivity contribution is 5.96. The van der Waals surface area contributed by atoms with Crippen molar-refractivity contribution in [1.29, 1.82) is 0 Å². The second-order valence-corrected chi connectivity index (χ2v) is 5.96. The third kappa shape index (κ3) is 3.97. The third-order valence-corrected chi connectivity index (χ3v) is 4.56. The monoisotopic (exact) mass is 350 g/mol. The van der Waals surface area contributed by atoms with Gasteiger partial charge in [-0.3, -0.25) is 14.4 Å². The van der Waals surface area contributed by atoms with E-state index in [4.69, 9.17) is 0 Å². The van der Waals surface area contributed by atoms with Crippen LogP contribution in [0.25, 0.3) is 0 Å². The Morgan fingerprint density at radius 2 is 1.92 bits per heavy atom. The van der Waals surface area contributed by atoms with Crippen LogP contribution in [0.4, 0.5) is 0 Å². The fraction of sp³-hybridized carbons (Fsp3) is 0.688. The van der Waals surface area contributed by atoms with E-state index in [1.165, 1.54) is 15.8 Å². The van der Waals surface area contributed by atoms with Crippen molar-refractivity contribution in [1.82, 2.24) is 29.7 Å². The van der Waals surface area contributed by atoms with Crippen LogP contribution in [0.5, 0.6) is 0 Å². The predicted octanol–water partition coefficient (Wildman–Crippen LogP) is -0.161. The molecule has 0 radical (unpaired) electrons. The Morgan fingerprint density at radius 1 is 1.24 bits per heavy atom. The van der Waals surface area contributed by atoms with Crippen molar-refractivity contribution >= 4 is 17.7 Å². The van der Waals surface area contributed by atoms with E-state index in [9.17, 15) is 14.4 Å². The van der Waals surface area contributed by atoms with Gasteiger partial charge >= 0.3 is 0 Å². The Labute approximate surface area is 147 Å². The average molecular weight is 350 g/mol. The molecule has 1 saturated heterocycles. The van der Waals surface area contributed by atoms with Crippen LogP contribution in [0.1, 0.15) is 38.2 Å². The number of rotatable bonds is 6. The lowest BCUT2D eigenvalue weighted by atomic mass is 10.1. The van der Waals surface area contributed by atoms with Gasteiger partial charge in [-0.1, -0.05) is 5.21 Å². The normalized spacial score (nSPS) is 17.8. The van der Waals surface area contributed by atoms with Crippen LogP contribution < -0.4 is 0 Å². The summed E-state index contributed by atoms with van der Waals surface area (Å²) in [5.74, 6) is -0.474. The van der Waals surface area contributed by atoms with Crippen molar-refractivity contribution in [3.8, 4) is 0 Å². The quantitative estimate of drug-likeness (QED) is 0.711. The summed E-state index contributed by atoms with van der Waals surface area (Å²) in [4.78, 5) is 41.9. The Morgan fingerprint density at radius 3 is 2.52 bits per heavy atom. The van der Waals surface area contributed by atoms with Gasteiger partial charge in [0.2, 0.25) is 11.8 Å². The molecule has 0 unspecified atom stereocenters. The van der Waals surface area contributed by atoms with Crippen LogP contribution in [0.15, 0.2) is 6.20 Å². The maximum Gasteiger partial charge on any atom is 0.276 e. The minimum atomic E-state index is -0.524. The maximum atomic E-state index is 12.6. The summed E-state index contributed by atoms with van der Waals surface area (Å²) in [6, 6.07) is -0.524. The minimum absolute atomic E-state index is 0.0417. The topological polar surface area (TPSA) is 91.6 Å². The molecular formula is C16H26N6O3. The fourth-order valence-corrected chi connectivity index (χ4v) is 2.96. The maximum absolute atomic E-state index is 12.6. The second-order valence-electron chi connectivity index (χ2n) is 5.96. The Bertz CT molecular complexity index is 640. The first-order valence-electron chi connectivity index (χ1n) is 8.70. The average Bonchev–Trinajstić information content (AvgIpc) is 3.06. The Kier molecular flexibility index (Phi) is 6.11. The molecule has 1 aliphatic rings. The largest absolute Gasteiger partial charge is 0.342 e. The number of nitrogens with zero attached hydrogens (tertiary/aromatic N) is 6. The molecule has 1 aromatic rings. The molecule has 0 saturated carbocycles. The van der Waals surface area contributed by atoms with E-state index in [0.29, 0.717) is 32.7 Å². The van der Waals surface area contributed by atoms with Gasteiger partial charge in [-0.2, -0.15) is 0 Å². The van der Waals surface area contributed by atoms with Gasteiger partial charge in [0, 0.05) is 32.7 Å². The van der Waals surface area contributed by atoms with Gasteiger partial charge in [-0.05, 0) is 27.7 Å². The Hall–Kier alpha value is -2.45. The van der Waals surface area contributed by atoms with Crippen LogP contribution in [-0.2, 0) is 16.1 Å². The van der Waals surface area contributed by atoms with E-state index in [1.807, 2.05) is 20.8 Å². The second kappa shape index (κ2) is 8.09. The lowest BCUT2D eigenvalue weighted by molar-refractivity contribution is -0.139. The first-order valence-corrected chi connectivity index (χ1v) is 8.70. The van der Waals surface area contributed by atoms with Crippen molar-refractivity contribution in [2.45, 2.75) is 40.3 Å². The van der Waals surface area contributed by atoms with E-state index in [0.717, 1.165) is 0 Å². The van der Waals surface area contributed by atoms with Gasteiger partial charge in [-0.15, -0.1) is 5.10 Å². The standard InChI is InChI=1S/C16H26N6O3/c1-5-19(6-2)14(23)11-21-10-13(17-18-21)16(25)22-9-8-20(7-3)15(24)12(22)4/h10,12H,5-9,11H2,1-4H3/t12-/m1/s1. The molecule has 0 aliphatic carbocycles. The van der Waals surface area contributed by atoms with Crippen LogP contribution in [-0.4, -0.2) is 86.2 Å². The van der Waals surface area contributed by atoms with Crippen molar-refractivity contribution in [3.63, 3.8) is 0 Å². The molecule has 9 nitrogen and oxygen atoms in total. The molecule has 1 fully saturated rings. The molecule has 0 bridgehead atoms. The van der Waals surface area contributed by atoms with Gasteiger partial charge in [0.05, 0.1) is 6.20 Å². The number of carbonyl (C=O) groups excluding carboxylic acids is 3. The summed E-state index contributed by atoms with van der Waals surface area (Å²) < 4.78 is 1.36. The summed E-state index contributed by atoms with van der Waals surface area (Å²) >= 11 is 0. The Balaban J connectivity index is 2.05. The molecule has 0 aromatic carbocycles. The van der Waals surface area contributed by atoms with Crippen LogP contribution in [0.3, 0.4) is 0 Å². The van der Waals surface area contributed by atoms with Gasteiger partial charge in [0.25, 0.3) is 5.91 Å². The summed E-state index contributed by atoms with van der Waals surface area (Å²) in [6.45, 7) is 10.4. The van der Waals surface area contributed by atoms with Gasteiger partial charge in [0.1, 0.15) is 12.6 Å². The van der Waals surface area contributed by atoms with Crippen molar-refractivity contribution < 1.29 is 14.4 Å². The summed E-state index contributed by atoms with van der Waals surface area (Å²) in [5.41, 5.74) is 0.150. The van der Waals surface area contributed by atoms with E-state index >= 15 is 0 Å². The van der Waals surface area contributed by atoms with Gasteiger partial charge < -0.3 is 14.7 Å². The molecule has 2 heterocycles. The van der Waals surface area contributed by atoms with E-state index in [-0.39, 0.29) is 30.0 Å². The number of carbonyl (C=O) groups is 3. The van der Waals surface area contributed by atoms with Gasteiger partial charge in [0.15, 0.2) is 5.69 Å². The highest BCUT2D eigenvalue weighted by Gasteiger charge is 2.35. The fourth-order valence-electron chi connectivity index (χ4n) is 2.96. The molecule has 1 aliphatic heterocycles. The van der Waals surface area contributed by atoms with Crippen LogP contribution in [0, 0.1) is 0 Å².